The molecule has 36 heavy (non-hydrogen) atoms. The summed E-state index contributed by atoms with van der Waals surface area (Å²) in [6, 6.07) is 7.88. The van der Waals surface area contributed by atoms with E-state index in [1.54, 1.807) is 12.3 Å². The fourth-order valence-electron chi connectivity index (χ4n) is 5.51. The van der Waals surface area contributed by atoms with Gasteiger partial charge in [0.2, 0.25) is 0 Å². The molecule has 190 valence electrons. The maximum Gasteiger partial charge on any atom is 0.270 e. The number of fused-ring (bicyclic) bond motifs is 1. The van der Waals surface area contributed by atoms with Gasteiger partial charge in [0.05, 0.1) is 11.2 Å². The number of rotatable bonds is 5. The van der Waals surface area contributed by atoms with Crippen LogP contribution in [0.2, 0.25) is 0 Å². The van der Waals surface area contributed by atoms with Gasteiger partial charge in [-0.3, -0.25) is 14.7 Å². The third-order valence-corrected chi connectivity index (χ3v) is 7.68. The number of aryl methyl sites for hydroxylation is 1. The molecule has 1 aliphatic carbocycles. The normalized spacial score (nSPS) is 18.9. The number of likely N-dealkylation sites (tertiary alicyclic amines) is 1. The van der Waals surface area contributed by atoms with Crippen molar-refractivity contribution in [3.05, 3.63) is 70.7 Å². The predicted octanol–water partition coefficient (Wildman–Crippen LogP) is 4.73. The largest absolute Gasteiger partial charge is 0.348 e. The van der Waals surface area contributed by atoms with Crippen molar-refractivity contribution in [1.82, 2.24) is 20.2 Å². The van der Waals surface area contributed by atoms with E-state index in [1.165, 1.54) is 6.42 Å². The van der Waals surface area contributed by atoms with Crippen LogP contribution in [0, 0.1) is 18.6 Å². The number of carbonyl (C=O) groups is 1. The molecule has 0 spiro atoms. The lowest BCUT2D eigenvalue weighted by Crippen LogP contribution is -2.48. The Kier molecular flexibility index (Phi) is 6.99. The number of amides is 1. The van der Waals surface area contributed by atoms with E-state index in [-0.39, 0.29) is 28.5 Å². The minimum absolute atomic E-state index is 0.0968. The second-order valence-electron chi connectivity index (χ2n) is 10.4. The molecule has 3 N–H and O–H groups in total. The lowest BCUT2D eigenvalue weighted by Gasteiger charge is -2.39. The summed E-state index contributed by atoms with van der Waals surface area (Å²) in [7, 11) is 0. The molecule has 1 amide bonds. The molecule has 3 aromatic rings. The molecule has 0 unspecified atom stereocenters. The zero-order valence-corrected chi connectivity index (χ0v) is 20.7. The maximum atomic E-state index is 14.9. The molecule has 1 aliphatic heterocycles. The Morgan fingerprint density at radius 1 is 1.11 bits per heavy atom. The van der Waals surface area contributed by atoms with Crippen molar-refractivity contribution in [1.29, 1.82) is 0 Å². The van der Waals surface area contributed by atoms with Crippen LogP contribution in [0.4, 0.5) is 8.78 Å². The van der Waals surface area contributed by atoms with Gasteiger partial charge in [-0.15, -0.1) is 0 Å². The third kappa shape index (κ3) is 5.11. The summed E-state index contributed by atoms with van der Waals surface area (Å²) in [6.07, 6.45) is 8.37. The molecule has 6 nitrogen and oxygen atoms in total. The number of piperidine rings is 1. The smallest absolute Gasteiger partial charge is 0.270 e. The fourth-order valence-corrected chi connectivity index (χ4v) is 5.51. The molecule has 3 heterocycles. The molecule has 2 aliphatic rings. The third-order valence-electron chi connectivity index (χ3n) is 7.68. The summed E-state index contributed by atoms with van der Waals surface area (Å²) >= 11 is 0. The van der Waals surface area contributed by atoms with E-state index in [9.17, 15) is 13.6 Å². The van der Waals surface area contributed by atoms with Crippen molar-refractivity contribution >= 4 is 16.8 Å². The summed E-state index contributed by atoms with van der Waals surface area (Å²) in [6.45, 7) is 3.75. The van der Waals surface area contributed by atoms with E-state index < -0.39 is 17.2 Å². The van der Waals surface area contributed by atoms with E-state index in [2.05, 4.69) is 20.2 Å². The molecular weight excluding hydrogens is 460 g/mol. The van der Waals surface area contributed by atoms with Crippen LogP contribution >= 0.6 is 0 Å². The summed E-state index contributed by atoms with van der Waals surface area (Å²) in [5.74, 6) is -1.51. The fraction of sp³-hybridized carbons (Fsp3) is 0.464. The number of hydrogen-bond donors (Lipinski definition) is 2. The maximum absolute atomic E-state index is 14.9. The minimum Gasteiger partial charge on any atom is -0.348 e. The number of benzene rings is 1. The Morgan fingerprint density at radius 3 is 2.56 bits per heavy atom. The Morgan fingerprint density at radius 2 is 1.83 bits per heavy atom. The van der Waals surface area contributed by atoms with Gasteiger partial charge in [0.15, 0.2) is 0 Å². The molecule has 1 aromatic carbocycles. The Hall–Kier alpha value is -2.97. The number of aromatic nitrogens is 2. The monoisotopic (exact) mass is 493 g/mol. The van der Waals surface area contributed by atoms with Gasteiger partial charge in [0.1, 0.15) is 22.8 Å². The first kappa shape index (κ1) is 24.7. The van der Waals surface area contributed by atoms with Crippen LogP contribution in [0.15, 0.2) is 36.5 Å². The Bertz CT molecular complexity index is 1270. The van der Waals surface area contributed by atoms with Gasteiger partial charge in [-0.2, -0.15) is 0 Å². The quantitative estimate of drug-likeness (QED) is 0.537. The van der Waals surface area contributed by atoms with E-state index >= 15 is 0 Å². The van der Waals surface area contributed by atoms with Crippen LogP contribution in [-0.4, -0.2) is 39.9 Å². The highest BCUT2D eigenvalue weighted by molar-refractivity contribution is 5.96. The highest BCUT2D eigenvalue weighted by Gasteiger charge is 2.34. The van der Waals surface area contributed by atoms with Gasteiger partial charge in [-0.25, -0.2) is 13.8 Å². The average Bonchev–Trinajstić information content (AvgIpc) is 2.88. The van der Waals surface area contributed by atoms with E-state index in [1.807, 2.05) is 19.1 Å². The molecular formula is C28H33F2N5O. The van der Waals surface area contributed by atoms with Gasteiger partial charge < -0.3 is 11.1 Å². The van der Waals surface area contributed by atoms with Gasteiger partial charge in [0, 0.05) is 37.3 Å². The highest BCUT2D eigenvalue weighted by atomic mass is 19.1. The van der Waals surface area contributed by atoms with Crippen molar-refractivity contribution in [2.45, 2.75) is 70.0 Å². The molecule has 5 rings (SSSR count). The lowest BCUT2D eigenvalue weighted by molar-refractivity contribution is 0.0922. The minimum atomic E-state index is -0.634. The summed E-state index contributed by atoms with van der Waals surface area (Å²) in [4.78, 5) is 24.0. The van der Waals surface area contributed by atoms with Crippen molar-refractivity contribution < 1.29 is 13.6 Å². The summed E-state index contributed by atoms with van der Waals surface area (Å²) < 4.78 is 29.7. The molecule has 8 heteroatoms. The number of pyridine rings is 2. The topological polar surface area (TPSA) is 84.1 Å². The van der Waals surface area contributed by atoms with Gasteiger partial charge in [-0.05, 0) is 74.1 Å². The van der Waals surface area contributed by atoms with Crippen molar-refractivity contribution in [3.63, 3.8) is 0 Å². The molecule has 0 atom stereocenters. The predicted molar refractivity (Wildman–Crippen MR) is 135 cm³/mol. The van der Waals surface area contributed by atoms with Crippen LogP contribution in [0.25, 0.3) is 10.9 Å². The van der Waals surface area contributed by atoms with Crippen LogP contribution in [0.5, 0.6) is 0 Å². The number of halogens is 2. The number of hydrogen-bond acceptors (Lipinski definition) is 5. The molecule has 2 fully saturated rings. The highest BCUT2D eigenvalue weighted by Crippen LogP contribution is 2.32. The molecule has 2 aromatic heterocycles. The first-order chi connectivity index (χ1) is 17.3. The molecule has 1 saturated heterocycles. The SMILES string of the molecule is Cc1ccnc(C2(N)CCN(Cc3cc(C(=O)NC4CCCCC4)nc4c(F)ccc(F)c34)CC2)c1. The first-order valence-electron chi connectivity index (χ1n) is 12.9. The standard InChI is InChI=1S/C28H33F2N5O/c1-18-9-12-32-24(15-18)28(31)10-13-35(14-11-28)17-19-16-23(27(36)33-20-5-3-2-4-6-20)34-26-22(30)8-7-21(29)25(19)26/h7-9,12,15-16,20H,2-6,10-11,13-14,17,31H2,1H3,(H,33,36). The summed E-state index contributed by atoms with van der Waals surface area (Å²) in [5, 5.41) is 3.18. The van der Waals surface area contributed by atoms with Crippen LogP contribution in [0.1, 0.15) is 72.3 Å². The number of nitrogens with zero attached hydrogens (tertiary/aromatic N) is 3. The van der Waals surface area contributed by atoms with Crippen LogP contribution in [-0.2, 0) is 12.1 Å². The number of nitrogens with two attached hydrogens (primary N) is 1. The number of carbonyl (C=O) groups excluding carboxylic acids is 1. The first-order valence-corrected chi connectivity index (χ1v) is 12.9. The zero-order valence-electron chi connectivity index (χ0n) is 20.7. The van der Waals surface area contributed by atoms with Crippen LogP contribution < -0.4 is 11.1 Å². The van der Waals surface area contributed by atoms with Crippen molar-refractivity contribution in [2.75, 3.05) is 13.1 Å². The lowest BCUT2D eigenvalue weighted by atomic mass is 9.84. The Balaban J connectivity index is 1.39. The van der Waals surface area contributed by atoms with Crippen LogP contribution in [0.3, 0.4) is 0 Å². The second-order valence-corrected chi connectivity index (χ2v) is 10.4. The Labute approximate surface area is 210 Å². The average molecular weight is 494 g/mol. The second kappa shape index (κ2) is 10.2. The molecule has 0 radical (unpaired) electrons. The van der Waals surface area contributed by atoms with Crippen molar-refractivity contribution in [2.24, 2.45) is 5.73 Å². The van der Waals surface area contributed by atoms with Crippen molar-refractivity contribution in [3.8, 4) is 0 Å². The zero-order chi connectivity index (χ0) is 25.3. The van der Waals surface area contributed by atoms with E-state index in [0.29, 0.717) is 38.0 Å². The van der Waals surface area contributed by atoms with Gasteiger partial charge in [-0.1, -0.05) is 19.3 Å². The van der Waals surface area contributed by atoms with E-state index in [0.717, 1.165) is 49.1 Å². The van der Waals surface area contributed by atoms with Gasteiger partial charge >= 0.3 is 0 Å². The number of nitrogens with one attached hydrogen (secondary N) is 1. The molecule has 1 saturated carbocycles. The summed E-state index contributed by atoms with van der Waals surface area (Å²) in [5.41, 5.74) is 8.79. The molecule has 0 bridgehead atoms. The van der Waals surface area contributed by atoms with Gasteiger partial charge in [0.25, 0.3) is 5.91 Å². The van der Waals surface area contributed by atoms with E-state index in [4.69, 9.17) is 5.73 Å².